The Bertz CT molecular complexity index is 913. The first-order chi connectivity index (χ1) is 11.0. The van der Waals surface area contributed by atoms with E-state index in [2.05, 4.69) is 32.9 Å². The van der Waals surface area contributed by atoms with Crippen molar-refractivity contribution >= 4 is 61.7 Å². The lowest BCUT2D eigenvalue weighted by atomic mass is 10.2. The summed E-state index contributed by atoms with van der Waals surface area (Å²) in [7, 11) is 0. The number of hydrogen-bond donors (Lipinski definition) is 2. The number of nitrogens with one attached hydrogen (secondary N) is 1. The number of halogens is 2. The van der Waals surface area contributed by atoms with Crippen molar-refractivity contribution in [2.75, 3.05) is 5.32 Å². The summed E-state index contributed by atoms with van der Waals surface area (Å²) in [5.41, 5.74) is 3.41. The quantitative estimate of drug-likeness (QED) is 0.332. The van der Waals surface area contributed by atoms with Crippen LogP contribution in [0.1, 0.15) is 5.56 Å². The predicted molar refractivity (Wildman–Crippen MR) is 95.4 cm³/mol. The van der Waals surface area contributed by atoms with Crippen molar-refractivity contribution in [1.82, 2.24) is 4.98 Å². The molecule has 0 fully saturated rings. The molecule has 2 N–H and O–H groups in total. The van der Waals surface area contributed by atoms with Gasteiger partial charge in [0.05, 0.1) is 15.7 Å². The highest BCUT2D eigenvalue weighted by Gasteiger charge is 2.19. The molecule has 1 aromatic heterocycles. The van der Waals surface area contributed by atoms with Crippen molar-refractivity contribution in [2.24, 2.45) is 0 Å². The van der Waals surface area contributed by atoms with E-state index in [0.29, 0.717) is 15.9 Å². The first-order valence-corrected chi connectivity index (χ1v) is 8.41. The summed E-state index contributed by atoms with van der Waals surface area (Å²) in [5.74, 6) is -0.703. The van der Waals surface area contributed by atoms with Gasteiger partial charge in [0.15, 0.2) is 11.6 Å². The number of carboxylic acid groups (broad SMARTS) is 1. The van der Waals surface area contributed by atoms with E-state index in [4.69, 9.17) is 9.84 Å². The van der Waals surface area contributed by atoms with E-state index in [-0.39, 0.29) is 11.4 Å². The third-order valence-electron chi connectivity index (χ3n) is 3.17. The van der Waals surface area contributed by atoms with Crippen LogP contribution in [-0.2, 0) is 0 Å². The van der Waals surface area contributed by atoms with Gasteiger partial charge in [-0.25, -0.2) is 14.2 Å². The molecule has 0 unspecified atom stereocenters. The highest BCUT2D eigenvalue weighted by molar-refractivity contribution is 14.1. The second-order valence-electron chi connectivity index (χ2n) is 4.72. The average Bonchev–Trinajstić information content (AvgIpc) is 2.93. The molecule has 0 spiro atoms. The molecule has 0 atom stereocenters. The molecule has 0 saturated carbocycles. The summed E-state index contributed by atoms with van der Waals surface area (Å²) in [6.45, 7) is 1.88. The topological polar surface area (TPSA) is 71.5 Å². The lowest BCUT2D eigenvalue weighted by molar-refractivity contribution is 0.144. The maximum absolute atomic E-state index is 14.7. The van der Waals surface area contributed by atoms with Gasteiger partial charge in [-0.1, -0.05) is 0 Å². The van der Waals surface area contributed by atoms with Gasteiger partial charge in [0.2, 0.25) is 0 Å². The number of fused-ring (bicyclic) bond motifs is 1. The van der Waals surface area contributed by atoms with Crippen LogP contribution < -0.4 is 10.1 Å². The Kier molecular flexibility index (Phi) is 4.35. The van der Waals surface area contributed by atoms with Gasteiger partial charge in [-0.05, 0) is 53.3 Å². The summed E-state index contributed by atoms with van der Waals surface area (Å²) in [5, 5.41) is 11.8. The Morgan fingerprint density at radius 2 is 2.22 bits per heavy atom. The molecule has 118 valence electrons. The molecule has 3 aromatic rings. The van der Waals surface area contributed by atoms with Gasteiger partial charge in [0.25, 0.3) is 0 Å². The second-order valence-corrected chi connectivity index (χ2v) is 6.82. The molecule has 0 amide bonds. The molecule has 3 rings (SSSR count). The van der Waals surface area contributed by atoms with Gasteiger partial charge in [-0.2, -0.15) is 0 Å². The Morgan fingerprint density at radius 3 is 2.91 bits per heavy atom. The van der Waals surface area contributed by atoms with E-state index in [9.17, 15) is 9.18 Å². The van der Waals surface area contributed by atoms with Gasteiger partial charge in [0, 0.05) is 15.3 Å². The van der Waals surface area contributed by atoms with Gasteiger partial charge in [-0.3, -0.25) is 0 Å². The number of hydrogen-bond acceptors (Lipinski definition) is 5. The summed E-state index contributed by atoms with van der Waals surface area (Å²) in [6, 6.07) is 7.02. The Morgan fingerprint density at radius 1 is 1.43 bits per heavy atom. The number of ether oxygens (including phenoxy) is 1. The van der Waals surface area contributed by atoms with Crippen LogP contribution in [0.5, 0.6) is 5.75 Å². The van der Waals surface area contributed by atoms with E-state index < -0.39 is 12.0 Å². The van der Waals surface area contributed by atoms with Crippen LogP contribution in [0.3, 0.4) is 0 Å². The number of aryl methyl sites for hydroxylation is 1. The van der Waals surface area contributed by atoms with Gasteiger partial charge in [-0.15, -0.1) is 11.3 Å². The Balaban J connectivity index is 2.13. The van der Waals surface area contributed by atoms with Crippen molar-refractivity contribution < 1.29 is 19.0 Å². The maximum atomic E-state index is 14.7. The third kappa shape index (κ3) is 3.22. The zero-order chi connectivity index (χ0) is 16.6. The van der Waals surface area contributed by atoms with Crippen LogP contribution in [0.15, 0.2) is 29.8 Å². The minimum absolute atomic E-state index is 0.0199. The molecule has 2 aromatic carbocycles. The standard InChI is InChI=1S/C15H10FIN2O3S/c1-7-4-8(17)2-3-9(7)19-13-11(22-15(20)21)5-10-14(12(13)16)23-6-18-10/h2-6,19H,1H3,(H,20,21). The highest BCUT2D eigenvalue weighted by Crippen LogP contribution is 2.38. The zero-order valence-electron chi connectivity index (χ0n) is 11.8. The van der Waals surface area contributed by atoms with Crippen LogP contribution in [-0.4, -0.2) is 16.2 Å². The van der Waals surface area contributed by atoms with Crippen molar-refractivity contribution in [3.63, 3.8) is 0 Å². The van der Waals surface area contributed by atoms with Crippen LogP contribution >= 0.6 is 33.9 Å². The average molecular weight is 444 g/mol. The molecule has 0 aliphatic rings. The van der Waals surface area contributed by atoms with E-state index in [0.717, 1.165) is 20.5 Å². The molecule has 0 saturated heterocycles. The molecule has 23 heavy (non-hydrogen) atoms. The van der Waals surface area contributed by atoms with Gasteiger partial charge >= 0.3 is 6.16 Å². The van der Waals surface area contributed by atoms with E-state index in [1.807, 2.05) is 19.1 Å². The minimum Gasteiger partial charge on any atom is -0.449 e. The van der Waals surface area contributed by atoms with Gasteiger partial charge in [0.1, 0.15) is 5.69 Å². The highest BCUT2D eigenvalue weighted by atomic mass is 127. The predicted octanol–water partition coefficient (Wildman–Crippen LogP) is 5.15. The maximum Gasteiger partial charge on any atom is 0.511 e. The summed E-state index contributed by atoms with van der Waals surface area (Å²) in [6.07, 6.45) is -1.51. The molecule has 0 aliphatic heterocycles. The summed E-state index contributed by atoms with van der Waals surface area (Å²) < 4.78 is 20.8. The largest absolute Gasteiger partial charge is 0.511 e. The fraction of sp³-hybridized carbons (Fsp3) is 0.0667. The van der Waals surface area contributed by atoms with Crippen LogP contribution in [0.4, 0.5) is 20.6 Å². The first kappa shape index (κ1) is 15.9. The molecular formula is C15H10FIN2O3S. The fourth-order valence-corrected chi connectivity index (χ4v) is 3.49. The molecule has 8 heteroatoms. The molecule has 5 nitrogen and oxygen atoms in total. The fourth-order valence-electron chi connectivity index (χ4n) is 2.13. The lowest BCUT2D eigenvalue weighted by Crippen LogP contribution is -2.07. The first-order valence-electron chi connectivity index (χ1n) is 6.45. The lowest BCUT2D eigenvalue weighted by Gasteiger charge is -2.14. The molecule has 0 aliphatic carbocycles. The van der Waals surface area contributed by atoms with E-state index in [1.165, 1.54) is 11.6 Å². The van der Waals surface area contributed by atoms with E-state index in [1.54, 1.807) is 6.07 Å². The third-order valence-corrected chi connectivity index (χ3v) is 4.68. The van der Waals surface area contributed by atoms with Crippen LogP contribution in [0.25, 0.3) is 10.2 Å². The number of anilines is 2. The number of nitrogens with zero attached hydrogens (tertiary/aromatic N) is 1. The smallest absolute Gasteiger partial charge is 0.449 e. The van der Waals surface area contributed by atoms with Gasteiger partial charge < -0.3 is 15.2 Å². The second kappa shape index (κ2) is 6.28. The normalized spacial score (nSPS) is 10.7. The van der Waals surface area contributed by atoms with Crippen LogP contribution in [0.2, 0.25) is 0 Å². The number of benzene rings is 2. The summed E-state index contributed by atoms with van der Waals surface area (Å²) in [4.78, 5) is 14.9. The zero-order valence-corrected chi connectivity index (χ0v) is 14.7. The molecule has 1 heterocycles. The van der Waals surface area contributed by atoms with Crippen molar-refractivity contribution in [3.05, 3.63) is 44.7 Å². The Hall–Kier alpha value is -1.94. The molecule has 0 bridgehead atoms. The number of aromatic nitrogens is 1. The number of carbonyl (C=O) groups is 1. The van der Waals surface area contributed by atoms with Crippen molar-refractivity contribution in [1.29, 1.82) is 0 Å². The SMILES string of the molecule is Cc1cc(I)ccc1Nc1c(OC(=O)O)cc2ncsc2c1F. The minimum atomic E-state index is -1.51. The number of rotatable bonds is 3. The summed E-state index contributed by atoms with van der Waals surface area (Å²) >= 11 is 3.32. The van der Waals surface area contributed by atoms with Crippen LogP contribution in [0, 0.1) is 16.3 Å². The van der Waals surface area contributed by atoms with E-state index >= 15 is 0 Å². The monoisotopic (exact) mass is 444 g/mol. The number of thiazole rings is 1. The van der Waals surface area contributed by atoms with Crippen molar-refractivity contribution in [3.8, 4) is 5.75 Å². The molecular weight excluding hydrogens is 434 g/mol. The van der Waals surface area contributed by atoms with Crippen molar-refractivity contribution in [2.45, 2.75) is 6.92 Å². The molecule has 0 radical (unpaired) electrons. The Labute approximate surface area is 148 Å².